The first-order valence-corrected chi connectivity index (χ1v) is 5.96. The second kappa shape index (κ2) is 5.60. The number of hydrogen-bond donors (Lipinski definition) is 1. The molecule has 1 aromatic carbocycles. The Morgan fingerprint density at radius 2 is 2.22 bits per heavy atom. The SMILES string of the molecule is CNC(Cn1cccnc1=O)c1cccc(C)c1. The van der Waals surface area contributed by atoms with Crippen LogP contribution in [0.3, 0.4) is 0 Å². The number of nitrogens with zero attached hydrogens (tertiary/aromatic N) is 2. The molecule has 4 nitrogen and oxygen atoms in total. The Morgan fingerprint density at radius 3 is 2.89 bits per heavy atom. The number of nitrogens with one attached hydrogen (secondary N) is 1. The molecule has 2 aromatic rings. The molecule has 0 radical (unpaired) electrons. The summed E-state index contributed by atoms with van der Waals surface area (Å²) in [6, 6.07) is 10.2. The average molecular weight is 243 g/mol. The van der Waals surface area contributed by atoms with Crippen molar-refractivity contribution >= 4 is 0 Å². The summed E-state index contributed by atoms with van der Waals surface area (Å²) in [5.41, 5.74) is 2.17. The third kappa shape index (κ3) is 2.84. The van der Waals surface area contributed by atoms with Gasteiger partial charge in [0, 0.05) is 18.9 Å². The standard InChI is InChI=1S/C14H17N3O/c1-11-5-3-6-12(9-11)13(15-2)10-17-8-4-7-16-14(17)18/h3-9,13,15H,10H2,1-2H3. The maximum absolute atomic E-state index is 11.6. The Balaban J connectivity index is 2.25. The maximum Gasteiger partial charge on any atom is 0.347 e. The molecule has 0 amide bonds. The van der Waals surface area contributed by atoms with E-state index in [0.29, 0.717) is 6.54 Å². The minimum atomic E-state index is -0.217. The average Bonchev–Trinajstić information content (AvgIpc) is 2.38. The first kappa shape index (κ1) is 12.5. The smallest absolute Gasteiger partial charge is 0.312 e. The molecule has 18 heavy (non-hydrogen) atoms. The van der Waals surface area contributed by atoms with Gasteiger partial charge in [0.1, 0.15) is 0 Å². The van der Waals surface area contributed by atoms with Crippen molar-refractivity contribution in [1.82, 2.24) is 14.9 Å². The number of rotatable bonds is 4. The molecule has 0 aliphatic heterocycles. The van der Waals surface area contributed by atoms with E-state index in [9.17, 15) is 4.79 Å². The molecule has 0 bridgehead atoms. The topological polar surface area (TPSA) is 46.9 Å². The van der Waals surface area contributed by atoms with Gasteiger partial charge in [-0.2, -0.15) is 0 Å². The van der Waals surface area contributed by atoms with Gasteiger partial charge in [0.05, 0.1) is 6.04 Å². The van der Waals surface area contributed by atoms with E-state index in [1.807, 2.05) is 13.1 Å². The molecule has 1 atom stereocenters. The van der Waals surface area contributed by atoms with Crippen molar-refractivity contribution in [3.63, 3.8) is 0 Å². The minimum Gasteiger partial charge on any atom is -0.312 e. The summed E-state index contributed by atoms with van der Waals surface area (Å²) in [6.45, 7) is 2.64. The Bertz CT molecular complexity index is 577. The highest BCUT2D eigenvalue weighted by atomic mass is 16.1. The number of aryl methyl sites for hydroxylation is 1. The number of likely N-dealkylation sites (N-methyl/N-ethyl adjacent to an activating group) is 1. The van der Waals surface area contributed by atoms with Crippen LogP contribution < -0.4 is 11.0 Å². The largest absolute Gasteiger partial charge is 0.347 e. The monoisotopic (exact) mass is 243 g/mol. The van der Waals surface area contributed by atoms with Gasteiger partial charge in [-0.1, -0.05) is 29.8 Å². The number of aromatic nitrogens is 2. The van der Waals surface area contributed by atoms with Crippen LogP contribution in [-0.4, -0.2) is 16.6 Å². The van der Waals surface area contributed by atoms with E-state index < -0.39 is 0 Å². The fourth-order valence-corrected chi connectivity index (χ4v) is 1.97. The Morgan fingerprint density at radius 1 is 1.39 bits per heavy atom. The lowest BCUT2D eigenvalue weighted by Crippen LogP contribution is -2.29. The predicted octanol–water partition coefficient (Wildman–Crippen LogP) is 1.51. The number of hydrogen-bond acceptors (Lipinski definition) is 3. The van der Waals surface area contributed by atoms with Crippen molar-refractivity contribution in [2.75, 3.05) is 7.05 Å². The zero-order chi connectivity index (χ0) is 13.0. The molecule has 94 valence electrons. The molecule has 2 rings (SSSR count). The molecule has 1 unspecified atom stereocenters. The van der Waals surface area contributed by atoms with Crippen molar-refractivity contribution < 1.29 is 0 Å². The maximum atomic E-state index is 11.6. The van der Waals surface area contributed by atoms with Crippen LogP contribution >= 0.6 is 0 Å². The molecule has 0 aliphatic carbocycles. The van der Waals surface area contributed by atoms with Crippen LogP contribution in [0.4, 0.5) is 0 Å². The summed E-state index contributed by atoms with van der Waals surface area (Å²) in [4.78, 5) is 15.4. The van der Waals surface area contributed by atoms with Crippen LogP contribution in [0.15, 0.2) is 47.5 Å². The van der Waals surface area contributed by atoms with E-state index in [1.54, 1.807) is 16.8 Å². The van der Waals surface area contributed by atoms with Crippen LogP contribution in [-0.2, 0) is 6.54 Å². The minimum absolute atomic E-state index is 0.104. The molecule has 0 aliphatic rings. The van der Waals surface area contributed by atoms with Crippen molar-refractivity contribution in [3.8, 4) is 0 Å². The number of benzene rings is 1. The predicted molar refractivity (Wildman–Crippen MR) is 71.5 cm³/mol. The molecule has 0 spiro atoms. The lowest BCUT2D eigenvalue weighted by molar-refractivity contribution is 0.484. The van der Waals surface area contributed by atoms with Gasteiger partial charge in [-0.15, -0.1) is 0 Å². The molecular weight excluding hydrogens is 226 g/mol. The van der Waals surface area contributed by atoms with Gasteiger partial charge in [0.25, 0.3) is 0 Å². The molecular formula is C14H17N3O. The first-order valence-electron chi connectivity index (χ1n) is 5.96. The second-order valence-corrected chi connectivity index (χ2v) is 4.31. The Kier molecular flexibility index (Phi) is 3.89. The van der Waals surface area contributed by atoms with Crippen LogP contribution in [0.1, 0.15) is 17.2 Å². The summed E-state index contributed by atoms with van der Waals surface area (Å²) < 4.78 is 1.61. The van der Waals surface area contributed by atoms with Gasteiger partial charge in [-0.3, -0.25) is 4.57 Å². The Hall–Kier alpha value is -1.94. The van der Waals surface area contributed by atoms with Gasteiger partial charge in [0.15, 0.2) is 0 Å². The highest BCUT2D eigenvalue weighted by Gasteiger charge is 2.10. The van der Waals surface area contributed by atoms with Gasteiger partial charge in [-0.25, -0.2) is 9.78 Å². The quantitative estimate of drug-likeness (QED) is 0.885. The van der Waals surface area contributed by atoms with Gasteiger partial charge >= 0.3 is 5.69 Å². The van der Waals surface area contributed by atoms with Gasteiger partial charge < -0.3 is 5.32 Å². The van der Waals surface area contributed by atoms with E-state index in [4.69, 9.17) is 0 Å². The fraction of sp³-hybridized carbons (Fsp3) is 0.286. The highest BCUT2D eigenvalue weighted by Crippen LogP contribution is 2.15. The Labute approximate surface area is 106 Å². The summed E-state index contributed by atoms with van der Waals surface area (Å²) in [5, 5.41) is 3.23. The third-order valence-electron chi connectivity index (χ3n) is 2.95. The van der Waals surface area contributed by atoms with Crippen molar-refractivity contribution in [2.45, 2.75) is 19.5 Å². The molecule has 0 saturated heterocycles. The zero-order valence-corrected chi connectivity index (χ0v) is 10.6. The molecule has 1 heterocycles. The molecule has 0 fully saturated rings. The van der Waals surface area contributed by atoms with Crippen LogP contribution in [0.2, 0.25) is 0 Å². The summed E-state index contributed by atoms with van der Waals surface area (Å²) in [5.74, 6) is 0. The van der Waals surface area contributed by atoms with Crippen LogP contribution in [0, 0.1) is 6.92 Å². The zero-order valence-electron chi connectivity index (χ0n) is 10.6. The lowest BCUT2D eigenvalue weighted by atomic mass is 10.0. The molecule has 1 aromatic heterocycles. The first-order chi connectivity index (χ1) is 8.70. The van der Waals surface area contributed by atoms with Crippen LogP contribution in [0.5, 0.6) is 0 Å². The summed E-state index contributed by atoms with van der Waals surface area (Å²) in [6.07, 6.45) is 3.27. The van der Waals surface area contributed by atoms with E-state index in [-0.39, 0.29) is 11.7 Å². The highest BCUT2D eigenvalue weighted by molar-refractivity contribution is 5.25. The van der Waals surface area contributed by atoms with E-state index >= 15 is 0 Å². The summed E-state index contributed by atoms with van der Waals surface area (Å²) >= 11 is 0. The molecule has 0 saturated carbocycles. The fourth-order valence-electron chi connectivity index (χ4n) is 1.97. The lowest BCUT2D eigenvalue weighted by Gasteiger charge is -2.18. The normalized spacial score (nSPS) is 12.3. The molecule has 4 heteroatoms. The van der Waals surface area contributed by atoms with Gasteiger partial charge in [0.2, 0.25) is 0 Å². The van der Waals surface area contributed by atoms with Crippen molar-refractivity contribution in [3.05, 3.63) is 64.3 Å². The van der Waals surface area contributed by atoms with E-state index in [0.717, 1.165) is 0 Å². The summed E-state index contributed by atoms with van der Waals surface area (Å²) in [7, 11) is 1.90. The van der Waals surface area contributed by atoms with E-state index in [1.165, 1.54) is 17.3 Å². The van der Waals surface area contributed by atoms with Crippen LogP contribution in [0.25, 0.3) is 0 Å². The van der Waals surface area contributed by atoms with E-state index in [2.05, 4.69) is 35.4 Å². The van der Waals surface area contributed by atoms with Crippen molar-refractivity contribution in [1.29, 1.82) is 0 Å². The van der Waals surface area contributed by atoms with Crippen molar-refractivity contribution in [2.24, 2.45) is 0 Å². The second-order valence-electron chi connectivity index (χ2n) is 4.31. The third-order valence-corrected chi connectivity index (χ3v) is 2.95. The molecule has 1 N–H and O–H groups in total. The van der Waals surface area contributed by atoms with Gasteiger partial charge in [-0.05, 0) is 25.6 Å².